The Bertz CT molecular complexity index is 751. The molecule has 0 bridgehead atoms. The highest BCUT2D eigenvalue weighted by atomic mass is 16.5. The van der Waals surface area contributed by atoms with Gasteiger partial charge >= 0.3 is 0 Å². The summed E-state index contributed by atoms with van der Waals surface area (Å²) >= 11 is 0. The molecular weight excluding hydrogens is 350 g/mol. The Morgan fingerprint density at radius 3 is 2.75 bits per heavy atom. The standard InChI is InChI=1S/C23H31N3O2/c1-25-14-15-26(22(18-25)20-9-4-3-5-10-20)13-7-12-24-23(27)17-19-8-6-11-21(16-19)28-2/h3-6,8-11,16,22H,7,12-15,17-18H2,1-2H3,(H,24,27)/t22-/m1/s1. The van der Waals surface area contributed by atoms with Crippen LogP contribution in [0.1, 0.15) is 23.6 Å². The molecule has 0 aromatic heterocycles. The van der Waals surface area contributed by atoms with Gasteiger partial charge in [0, 0.05) is 38.8 Å². The number of piperazine rings is 1. The molecule has 1 saturated heterocycles. The van der Waals surface area contributed by atoms with Gasteiger partial charge < -0.3 is 15.0 Å². The largest absolute Gasteiger partial charge is 0.497 e. The van der Waals surface area contributed by atoms with Crippen molar-refractivity contribution < 1.29 is 9.53 Å². The Kier molecular flexibility index (Phi) is 7.46. The Morgan fingerprint density at radius 1 is 1.14 bits per heavy atom. The lowest BCUT2D eigenvalue weighted by Gasteiger charge is -2.40. The minimum Gasteiger partial charge on any atom is -0.497 e. The summed E-state index contributed by atoms with van der Waals surface area (Å²) in [5.41, 5.74) is 2.34. The molecule has 150 valence electrons. The SMILES string of the molecule is COc1cccc(CC(=O)NCCCN2CCN(C)C[C@@H]2c2ccccc2)c1. The fourth-order valence-electron chi connectivity index (χ4n) is 3.76. The maximum Gasteiger partial charge on any atom is 0.224 e. The highest BCUT2D eigenvalue weighted by Crippen LogP contribution is 2.24. The summed E-state index contributed by atoms with van der Waals surface area (Å²) in [6.45, 7) is 4.90. The van der Waals surface area contributed by atoms with Gasteiger partial charge in [-0.15, -0.1) is 0 Å². The van der Waals surface area contributed by atoms with Crippen molar-refractivity contribution >= 4 is 5.91 Å². The maximum atomic E-state index is 12.2. The van der Waals surface area contributed by atoms with E-state index >= 15 is 0 Å². The van der Waals surface area contributed by atoms with Crippen molar-refractivity contribution in [2.75, 3.05) is 46.9 Å². The first-order valence-corrected chi connectivity index (χ1v) is 10.0. The van der Waals surface area contributed by atoms with E-state index in [0.717, 1.165) is 43.9 Å². The van der Waals surface area contributed by atoms with Gasteiger partial charge in [0.2, 0.25) is 5.91 Å². The molecule has 2 aromatic rings. The number of nitrogens with one attached hydrogen (secondary N) is 1. The fraction of sp³-hybridized carbons (Fsp3) is 0.435. The smallest absolute Gasteiger partial charge is 0.224 e. The van der Waals surface area contributed by atoms with Gasteiger partial charge in [-0.25, -0.2) is 0 Å². The van der Waals surface area contributed by atoms with E-state index in [2.05, 4.69) is 52.5 Å². The molecule has 1 atom stereocenters. The molecule has 5 nitrogen and oxygen atoms in total. The first-order chi connectivity index (χ1) is 13.7. The topological polar surface area (TPSA) is 44.8 Å². The number of hydrogen-bond donors (Lipinski definition) is 1. The van der Waals surface area contributed by atoms with Crippen molar-refractivity contribution in [3.63, 3.8) is 0 Å². The number of carbonyl (C=O) groups excluding carboxylic acids is 1. The quantitative estimate of drug-likeness (QED) is 0.714. The summed E-state index contributed by atoms with van der Waals surface area (Å²) in [7, 11) is 3.83. The van der Waals surface area contributed by atoms with Crippen molar-refractivity contribution in [2.24, 2.45) is 0 Å². The number of rotatable bonds is 8. The Balaban J connectivity index is 1.45. The van der Waals surface area contributed by atoms with Gasteiger partial charge in [0.1, 0.15) is 5.75 Å². The van der Waals surface area contributed by atoms with E-state index in [9.17, 15) is 4.79 Å². The third-order valence-electron chi connectivity index (χ3n) is 5.32. The molecule has 1 aliphatic rings. The van der Waals surface area contributed by atoms with Crippen LogP contribution in [-0.2, 0) is 11.2 Å². The summed E-state index contributed by atoms with van der Waals surface area (Å²) in [6.07, 6.45) is 1.34. The van der Waals surface area contributed by atoms with Gasteiger partial charge in [-0.05, 0) is 36.7 Å². The minimum atomic E-state index is 0.0613. The van der Waals surface area contributed by atoms with Crippen molar-refractivity contribution in [3.05, 3.63) is 65.7 Å². The number of hydrogen-bond acceptors (Lipinski definition) is 4. The summed E-state index contributed by atoms with van der Waals surface area (Å²) in [4.78, 5) is 17.2. The van der Waals surface area contributed by atoms with Crippen LogP contribution in [0, 0.1) is 0 Å². The number of benzene rings is 2. The molecule has 5 heteroatoms. The van der Waals surface area contributed by atoms with Crippen LogP contribution in [0.5, 0.6) is 5.75 Å². The molecule has 1 heterocycles. The lowest BCUT2D eigenvalue weighted by Crippen LogP contribution is -2.47. The first-order valence-electron chi connectivity index (χ1n) is 10.0. The van der Waals surface area contributed by atoms with E-state index in [1.807, 2.05) is 24.3 Å². The molecular formula is C23H31N3O2. The Hall–Kier alpha value is -2.37. The molecule has 1 fully saturated rings. The second kappa shape index (κ2) is 10.2. The first kappa shape index (κ1) is 20.4. The van der Waals surface area contributed by atoms with Crippen LogP contribution >= 0.6 is 0 Å². The zero-order valence-electron chi connectivity index (χ0n) is 16.9. The van der Waals surface area contributed by atoms with Crippen LogP contribution in [0.2, 0.25) is 0 Å². The predicted octanol–water partition coefficient (Wildman–Crippen LogP) is 2.73. The molecule has 0 unspecified atom stereocenters. The van der Waals surface area contributed by atoms with Crippen LogP contribution in [0.15, 0.2) is 54.6 Å². The Labute approximate surface area is 168 Å². The van der Waals surface area contributed by atoms with Crippen LogP contribution < -0.4 is 10.1 Å². The molecule has 2 aromatic carbocycles. The second-order valence-electron chi connectivity index (χ2n) is 7.46. The highest BCUT2D eigenvalue weighted by molar-refractivity contribution is 5.78. The van der Waals surface area contributed by atoms with Crippen molar-refractivity contribution in [1.29, 1.82) is 0 Å². The minimum absolute atomic E-state index is 0.0613. The molecule has 0 aliphatic carbocycles. The molecule has 28 heavy (non-hydrogen) atoms. The molecule has 0 radical (unpaired) electrons. The monoisotopic (exact) mass is 381 g/mol. The summed E-state index contributed by atoms with van der Waals surface area (Å²) in [5, 5.41) is 3.05. The number of methoxy groups -OCH3 is 1. The fourth-order valence-corrected chi connectivity index (χ4v) is 3.76. The van der Waals surface area contributed by atoms with Crippen LogP contribution in [0.25, 0.3) is 0 Å². The number of likely N-dealkylation sites (N-methyl/N-ethyl adjacent to an activating group) is 1. The molecule has 1 N–H and O–H groups in total. The lowest BCUT2D eigenvalue weighted by atomic mass is 10.0. The highest BCUT2D eigenvalue weighted by Gasteiger charge is 2.25. The van der Waals surface area contributed by atoms with Gasteiger partial charge in [0.25, 0.3) is 0 Å². The average Bonchev–Trinajstić information content (AvgIpc) is 2.73. The maximum absolute atomic E-state index is 12.2. The van der Waals surface area contributed by atoms with Gasteiger partial charge in [-0.3, -0.25) is 9.69 Å². The van der Waals surface area contributed by atoms with Gasteiger partial charge in [0.15, 0.2) is 0 Å². The van der Waals surface area contributed by atoms with Gasteiger partial charge in [-0.2, -0.15) is 0 Å². The van der Waals surface area contributed by atoms with Crippen molar-refractivity contribution in [3.8, 4) is 5.75 Å². The second-order valence-corrected chi connectivity index (χ2v) is 7.46. The van der Waals surface area contributed by atoms with E-state index in [1.165, 1.54) is 5.56 Å². The van der Waals surface area contributed by atoms with Crippen LogP contribution in [-0.4, -0.2) is 62.6 Å². The molecule has 0 spiro atoms. The summed E-state index contributed by atoms with van der Waals surface area (Å²) in [5.74, 6) is 0.846. The van der Waals surface area contributed by atoms with Crippen LogP contribution in [0.4, 0.5) is 0 Å². The molecule has 0 saturated carbocycles. The zero-order chi connectivity index (χ0) is 19.8. The van der Waals surface area contributed by atoms with E-state index < -0.39 is 0 Å². The van der Waals surface area contributed by atoms with E-state index in [1.54, 1.807) is 7.11 Å². The predicted molar refractivity (Wildman–Crippen MR) is 113 cm³/mol. The lowest BCUT2D eigenvalue weighted by molar-refractivity contribution is -0.120. The zero-order valence-corrected chi connectivity index (χ0v) is 16.9. The van der Waals surface area contributed by atoms with E-state index in [0.29, 0.717) is 19.0 Å². The third-order valence-corrected chi connectivity index (χ3v) is 5.32. The van der Waals surface area contributed by atoms with E-state index in [-0.39, 0.29) is 5.91 Å². The normalized spacial score (nSPS) is 18.0. The van der Waals surface area contributed by atoms with E-state index in [4.69, 9.17) is 4.74 Å². The number of amides is 1. The Morgan fingerprint density at radius 2 is 1.96 bits per heavy atom. The van der Waals surface area contributed by atoms with Gasteiger partial charge in [-0.1, -0.05) is 42.5 Å². The number of nitrogens with zero attached hydrogens (tertiary/aromatic N) is 2. The van der Waals surface area contributed by atoms with Gasteiger partial charge in [0.05, 0.1) is 13.5 Å². The third kappa shape index (κ3) is 5.81. The summed E-state index contributed by atoms with van der Waals surface area (Å²) < 4.78 is 5.22. The van der Waals surface area contributed by atoms with Crippen molar-refractivity contribution in [1.82, 2.24) is 15.1 Å². The molecule has 1 aliphatic heterocycles. The number of carbonyl (C=O) groups is 1. The molecule has 1 amide bonds. The molecule has 3 rings (SSSR count). The summed E-state index contributed by atoms with van der Waals surface area (Å²) in [6, 6.07) is 18.8. The van der Waals surface area contributed by atoms with Crippen molar-refractivity contribution in [2.45, 2.75) is 18.9 Å². The number of ether oxygens (including phenoxy) is 1. The average molecular weight is 382 g/mol. The van der Waals surface area contributed by atoms with Crippen LogP contribution in [0.3, 0.4) is 0 Å².